The highest BCUT2D eigenvalue weighted by atomic mass is 16.6. The maximum atomic E-state index is 10.8. The van der Waals surface area contributed by atoms with Crippen LogP contribution < -0.4 is 10.6 Å². The van der Waals surface area contributed by atoms with Crippen molar-refractivity contribution < 1.29 is 19.2 Å². The number of amides is 1. The molecule has 0 aliphatic heterocycles. The Morgan fingerprint density at radius 3 is 2.41 bits per heavy atom. The van der Waals surface area contributed by atoms with Crippen molar-refractivity contribution in [2.75, 3.05) is 44.8 Å². The Morgan fingerprint density at radius 2 is 1.77 bits per heavy atom. The number of hydrogen-bond donors (Lipinski definition) is 2. The third-order valence-corrected chi connectivity index (χ3v) is 2.65. The highest BCUT2D eigenvalue weighted by Gasteiger charge is 2.10. The van der Waals surface area contributed by atoms with Crippen LogP contribution in [-0.4, -0.2) is 50.3 Å². The lowest BCUT2D eigenvalue weighted by molar-refractivity contribution is -0.384. The van der Waals surface area contributed by atoms with E-state index in [1.807, 2.05) is 0 Å². The van der Waals surface area contributed by atoms with Gasteiger partial charge in [-0.2, -0.15) is 0 Å². The van der Waals surface area contributed by atoms with Crippen LogP contribution in [0.1, 0.15) is 6.92 Å². The summed E-state index contributed by atoms with van der Waals surface area (Å²) in [4.78, 5) is 21.0. The zero-order chi connectivity index (χ0) is 16.2. The number of nitrogens with one attached hydrogen (secondary N) is 2. The fourth-order valence-corrected chi connectivity index (χ4v) is 1.66. The van der Waals surface area contributed by atoms with Gasteiger partial charge in [-0.05, 0) is 6.07 Å². The molecule has 1 aromatic rings. The number of nitro benzene ring substituents is 1. The highest BCUT2D eigenvalue weighted by Crippen LogP contribution is 2.22. The van der Waals surface area contributed by atoms with Crippen molar-refractivity contribution in [1.29, 1.82) is 0 Å². The number of rotatable bonds is 11. The van der Waals surface area contributed by atoms with Crippen LogP contribution in [0.3, 0.4) is 0 Å². The summed E-state index contributed by atoms with van der Waals surface area (Å²) in [7, 11) is 0. The van der Waals surface area contributed by atoms with E-state index in [2.05, 4.69) is 10.6 Å². The Balaban J connectivity index is 2.04. The monoisotopic (exact) mass is 311 g/mol. The van der Waals surface area contributed by atoms with Gasteiger partial charge in [0.05, 0.1) is 31.4 Å². The van der Waals surface area contributed by atoms with Crippen molar-refractivity contribution in [3.05, 3.63) is 34.4 Å². The lowest BCUT2D eigenvalue weighted by atomic mass is 10.2. The average molecular weight is 311 g/mol. The average Bonchev–Trinajstić information content (AvgIpc) is 2.49. The molecule has 0 saturated carbocycles. The second-order valence-corrected chi connectivity index (χ2v) is 4.41. The van der Waals surface area contributed by atoms with Crippen LogP contribution in [0.15, 0.2) is 24.3 Å². The normalized spacial score (nSPS) is 10.2. The number of nitro groups is 1. The van der Waals surface area contributed by atoms with Crippen molar-refractivity contribution >= 4 is 17.3 Å². The zero-order valence-corrected chi connectivity index (χ0v) is 12.5. The molecule has 1 rings (SSSR count). The standard InChI is InChI=1S/C14H21N3O5/c1-12(18)15-6-8-21-10-11-22-9-7-16-13-4-2-3-5-14(13)17(19)20/h2-5,16H,6-11H2,1H3,(H,15,18). The fourth-order valence-electron chi connectivity index (χ4n) is 1.66. The summed E-state index contributed by atoms with van der Waals surface area (Å²) >= 11 is 0. The molecule has 0 bridgehead atoms. The smallest absolute Gasteiger partial charge is 0.292 e. The van der Waals surface area contributed by atoms with Gasteiger partial charge in [0.2, 0.25) is 5.91 Å². The first-order valence-corrected chi connectivity index (χ1v) is 6.98. The molecular weight excluding hydrogens is 290 g/mol. The molecule has 0 atom stereocenters. The lowest BCUT2D eigenvalue weighted by Gasteiger charge is -2.08. The summed E-state index contributed by atoms with van der Waals surface area (Å²) in [6.07, 6.45) is 0. The Hall–Kier alpha value is -2.19. The molecular formula is C14H21N3O5. The lowest BCUT2D eigenvalue weighted by Crippen LogP contribution is -2.25. The van der Waals surface area contributed by atoms with Gasteiger partial charge in [-0.15, -0.1) is 0 Å². The Bertz CT molecular complexity index is 481. The van der Waals surface area contributed by atoms with Crippen molar-refractivity contribution in [1.82, 2.24) is 5.32 Å². The van der Waals surface area contributed by atoms with Gasteiger partial charge in [0.1, 0.15) is 5.69 Å². The van der Waals surface area contributed by atoms with E-state index in [4.69, 9.17) is 9.47 Å². The molecule has 2 N–H and O–H groups in total. The molecule has 0 aliphatic rings. The van der Waals surface area contributed by atoms with Crippen LogP contribution in [0.5, 0.6) is 0 Å². The van der Waals surface area contributed by atoms with Crippen LogP contribution in [0.2, 0.25) is 0 Å². The van der Waals surface area contributed by atoms with E-state index >= 15 is 0 Å². The van der Waals surface area contributed by atoms with E-state index in [0.29, 0.717) is 45.2 Å². The highest BCUT2D eigenvalue weighted by molar-refractivity contribution is 5.72. The quantitative estimate of drug-likeness (QED) is 0.361. The predicted octanol–water partition coefficient (Wildman–Crippen LogP) is 1.18. The summed E-state index contributed by atoms with van der Waals surface area (Å²) in [6, 6.07) is 6.46. The van der Waals surface area contributed by atoms with E-state index in [1.54, 1.807) is 18.2 Å². The number of carbonyl (C=O) groups is 1. The Morgan fingerprint density at radius 1 is 1.14 bits per heavy atom. The largest absolute Gasteiger partial charge is 0.377 e. The maximum absolute atomic E-state index is 10.8. The first-order valence-electron chi connectivity index (χ1n) is 6.98. The van der Waals surface area contributed by atoms with Crippen LogP contribution in [-0.2, 0) is 14.3 Å². The van der Waals surface area contributed by atoms with Gasteiger partial charge in [-0.3, -0.25) is 14.9 Å². The third-order valence-electron chi connectivity index (χ3n) is 2.65. The van der Waals surface area contributed by atoms with E-state index < -0.39 is 4.92 Å². The van der Waals surface area contributed by atoms with Gasteiger partial charge in [0.25, 0.3) is 5.69 Å². The fraction of sp³-hybridized carbons (Fsp3) is 0.500. The van der Waals surface area contributed by atoms with Crippen molar-refractivity contribution in [3.63, 3.8) is 0 Å². The molecule has 0 aliphatic carbocycles. The molecule has 8 heteroatoms. The van der Waals surface area contributed by atoms with Gasteiger partial charge in [0, 0.05) is 26.1 Å². The predicted molar refractivity (Wildman–Crippen MR) is 81.9 cm³/mol. The minimum atomic E-state index is -0.424. The topological polar surface area (TPSA) is 103 Å². The van der Waals surface area contributed by atoms with Crippen molar-refractivity contribution in [2.24, 2.45) is 0 Å². The van der Waals surface area contributed by atoms with Gasteiger partial charge < -0.3 is 20.1 Å². The van der Waals surface area contributed by atoms with Crippen LogP contribution >= 0.6 is 0 Å². The van der Waals surface area contributed by atoms with Crippen molar-refractivity contribution in [2.45, 2.75) is 6.92 Å². The number of anilines is 1. The maximum Gasteiger partial charge on any atom is 0.292 e. The second-order valence-electron chi connectivity index (χ2n) is 4.41. The van der Waals surface area contributed by atoms with Gasteiger partial charge in [0.15, 0.2) is 0 Å². The third kappa shape index (κ3) is 7.55. The van der Waals surface area contributed by atoms with Crippen LogP contribution in [0, 0.1) is 10.1 Å². The zero-order valence-electron chi connectivity index (χ0n) is 12.5. The van der Waals surface area contributed by atoms with Crippen LogP contribution in [0.25, 0.3) is 0 Å². The summed E-state index contributed by atoms with van der Waals surface area (Å²) < 4.78 is 10.6. The minimum absolute atomic E-state index is 0.0452. The number of carbonyl (C=O) groups excluding carboxylic acids is 1. The molecule has 1 aromatic carbocycles. The Labute approximate surface area is 128 Å². The molecule has 0 radical (unpaired) electrons. The molecule has 0 heterocycles. The summed E-state index contributed by atoms with van der Waals surface area (Å²) in [5.41, 5.74) is 0.520. The molecule has 1 amide bonds. The first-order chi connectivity index (χ1) is 10.6. The number of nitrogens with zero attached hydrogens (tertiary/aromatic N) is 1. The summed E-state index contributed by atoms with van der Waals surface area (Å²) in [5.74, 6) is -0.0825. The first kappa shape index (κ1) is 17.9. The summed E-state index contributed by atoms with van der Waals surface area (Å²) in [6.45, 7) is 4.13. The van der Waals surface area contributed by atoms with E-state index in [-0.39, 0.29) is 11.6 Å². The van der Waals surface area contributed by atoms with E-state index in [9.17, 15) is 14.9 Å². The number of para-hydroxylation sites is 2. The van der Waals surface area contributed by atoms with Gasteiger partial charge >= 0.3 is 0 Å². The number of ether oxygens (including phenoxy) is 2. The SMILES string of the molecule is CC(=O)NCCOCCOCCNc1ccccc1[N+](=O)[O-]. The molecule has 0 unspecified atom stereocenters. The number of benzene rings is 1. The van der Waals surface area contributed by atoms with E-state index in [0.717, 1.165) is 0 Å². The number of hydrogen-bond acceptors (Lipinski definition) is 6. The summed E-state index contributed by atoms with van der Waals surface area (Å²) in [5, 5.41) is 16.4. The Kier molecular flexibility index (Phi) is 8.54. The second kappa shape index (κ2) is 10.5. The molecule has 22 heavy (non-hydrogen) atoms. The van der Waals surface area contributed by atoms with Crippen LogP contribution in [0.4, 0.5) is 11.4 Å². The molecule has 0 fully saturated rings. The van der Waals surface area contributed by atoms with E-state index in [1.165, 1.54) is 13.0 Å². The molecule has 122 valence electrons. The molecule has 0 aromatic heterocycles. The van der Waals surface area contributed by atoms with Gasteiger partial charge in [-0.25, -0.2) is 0 Å². The minimum Gasteiger partial charge on any atom is -0.377 e. The van der Waals surface area contributed by atoms with Crippen molar-refractivity contribution in [3.8, 4) is 0 Å². The molecule has 0 saturated heterocycles. The molecule has 8 nitrogen and oxygen atoms in total. The molecule has 0 spiro atoms. The van der Waals surface area contributed by atoms with Gasteiger partial charge in [-0.1, -0.05) is 12.1 Å².